The lowest BCUT2D eigenvalue weighted by Gasteiger charge is -2.50. The van der Waals surface area contributed by atoms with Crippen molar-refractivity contribution in [2.75, 3.05) is 44.2 Å². The summed E-state index contributed by atoms with van der Waals surface area (Å²) in [5.74, 6) is -5.60. The summed E-state index contributed by atoms with van der Waals surface area (Å²) < 4.78 is 18.5. The van der Waals surface area contributed by atoms with Gasteiger partial charge < -0.3 is 41.0 Å². The maximum Gasteiger partial charge on any atom is 0.350 e. The summed E-state index contributed by atoms with van der Waals surface area (Å²) in [5.41, 5.74) is 4.64. The Labute approximate surface area is 302 Å². The number of aromatic hydroxyl groups is 2. The van der Waals surface area contributed by atoms with Crippen LogP contribution in [0.25, 0.3) is 5.70 Å². The number of carbonyl (C=O) groups is 4. The van der Waals surface area contributed by atoms with Crippen LogP contribution in [0.15, 0.2) is 22.9 Å². The highest BCUT2D eigenvalue weighted by atomic mass is 32.2. The molecule has 52 heavy (non-hydrogen) atoms. The number of carbonyl (C=O) groups excluding carboxylic acids is 3. The number of tetrazole rings is 1. The molecular formula is C29H34FN12O8S2+. The molecule has 3 aliphatic rings. The van der Waals surface area contributed by atoms with Gasteiger partial charge in [-0.25, -0.2) is 14.3 Å². The average molecular weight is 762 g/mol. The third-order valence-corrected chi connectivity index (χ3v) is 10.8. The second-order valence-corrected chi connectivity index (χ2v) is 14.7. The monoisotopic (exact) mass is 761 g/mol. The number of phenols is 2. The zero-order chi connectivity index (χ0) is 37.4. The van der Waals surface area contributed by atoms with Crippen molar-refractivity contribution in [1.29, 1.82) is 0 Å². The summed E-state index contributed by atoms with van der Waals surface area (Å²) in [4.78, 5) is 62.2. The molecule has 276 valence electrons. The molecule has 6 rings (SSSR count). The van der Waals surface area contributed by atoms with E-state index in [1.165, 1.54) is 30.5 Å². The van der Waals surface area contributed by atoms with Crippen LogP contribution < -0.4 is 16.4 Å². The number of hydrogen-bond acceptors (Lipinski definition) is 16. The number of carboxylic acids is 1. The van der Waals surface area contributed by atoms with Crippen LogP contribution in [0.1, 0.15) is 48.7 Å². The van der Waals surface area contributed by atoms with Crippen LogP contribution in [-0.2, 0) is 19.2 Å². The summed E-state index contributed by atoms with van der Waals surface area (Å²) >= 11 is 2.20. The fourth-order valence-electron chi connectivity index (χ4n) is 6.11. The molecule has 8 N–H and O–H groups in total. The molecule has 2 fully saturated rings. The number of aromatic nitrogens is 6. The number of halogens is 1. The number of fused-ring (bicyclic) bond motifs is 1. The standard InChI is InChI=1S/C29H33FN12O8S2/c1-29(2,27(48)49)50-37-17(21-34-28(31)52-38-21)24(46)33-18-25(47)41-19(22-35-39-40-36-22)14(12-51-26(18)41)11-42(6-3-4-7-42)8-5-32-23(45)13-9-15(30)20(44)16(43)10-13/h9-10,18,26H,3-8,11-12H2,1-2H3,(H7-,31,32,33,34,35,36,37,38,39,40,43,44,45,46,48,49)/p+1/t18-,26-/m1/s1. The second kappa shape index (κ2) is 14.3. The van der Waals surface area contributed by atoms with Gasteiger partial charge in [-0.3, -0.25) is 19.3 Å². The average Bonchev–Trinajstić information content (AvgIpc) is 3.89. The molecule has 2 atom stereocenters. The third-order valence-electron chi connectivity index (χ3n) is 8.87. The van der Waals surface area contributed by atoms with Gasteiger partial charge in [0.15, 0.2) is 28.3 Å². The normalized spacial score (nSPS) is 19.9. The minimum atomic E-state index is -1.80. The van der Waals surface area contributed by atoms with Crippen LogP contribution in [0.2, 0.25) is 0 Å². The Morgan fingerprint density at radius 2 is 2.00 bits per heavy atom. The molecule has 0 saturated carbocycles. The molecule has 3 aliphatic heterocycles. The fourth-order valence-corrected chi connectivity index (χ4v) is 7.88. The number of hydrogen-bond donors (Lipinski definition) is 7. The van der Waals surface area contributed by atoms with Crippen molar-refractivity contribution in [2.24, 2.45) is 5.16 Å². The highest BCUT2D eigenvalue weighted by Crippen LogP contribution is 2.44. The number of nitrogens with one attached hydrogen (secondary N) is 3. The number of aliphatic carboxylic acids is 1. The molecule has 0 spiro atoms. The number of thioether (sulfide) groups is 1. The first-order valence-corrected chi connectivity index (χ1v) is 17.7. The van der Waals surface area contributed by atoms with E-state index >= 15 is 0 Å². The number of aromatic amines is 1. The van der Waals surface area contributed by atoms with Gasteiger partial charge in [-0.05, 0) is 36.4 Å². The summed E-state index contributed by atoms with van der Waals surface area (Å²) in [6.07, 6.45) is 1.86. The van der Waals surface area contributed by atoms with E-state index in [4.69, 9.17) is 10.6 Å². The van der Waals surface area contributed by atoms with E-state index < -0.39 is 63.7 Å². The number of likely N-dealkylation sites (tertiary alicyclic amines) is 1. The molecule has 2 aromatic heterocycles. The molecule has 0 bridgehead atoms. The van der Waals surface area contributed by atoms with E-state index in [9.17, 15) is 38.9 Å². The lowest BCUT2D eigenvalue weighted by molar-refractivity contribution is -0.911. The molecular weight excluding hydrogens is 728 g/mol. The molecule has 2 saturated heterocycles. The molecule has 3 aromatic rings. The highest BCUT2D eigenvalue weighted by molar-refractivity contribution is 8.00. The molecule has 0 aliphatic carbocycles. The van der Waals surface area contributed by atoms with Gasteiger partial charge in [0.1, 0.15) is 18.0 Å². The Bertz CT molecular complexity index is 1940. The molecule has 0 radical (unpaired) electrons. The largest absolute Gasteiger partial charge is 0.504 e. The van der Waals surface area contributed by atoms with E-state index in [1.54, 1.807) is 0 Å². The maximum absolute atomic E-state index is 13.9. The molecule has 3 amide bonds. The SMILES string of the molecule is CC(C)(O/N=C(\C(=O)N[C@@H]1C(=O)N2C(c3nnn[nH]3)=C(C[N+]3(CCNC(=O)c4cc(O)c(O)c(F)c4)CCCC3)CS[C@H]12)c1nsc(N)n1)C(=O)O. The van der Waals surface area contributed by atoms with Crippen LogP contribution >= 0.6 is 23.3 Å². The van der Waals surface area contributed by atoms with Gasteiger partial charge in [0.05, 0.1) is 31.9 Å². The van der Waals surface area contributed by atoms with Gasteiger partial charge in [0, 0.05) is 41.3 Å². The minimum absolute atomic E-state index is 0.0264. The number of nitrogen functional groups attached to an aromatic ring is 1. The van der Waals surface area contributed by atoms with Crippen LogP contribution in [0.5, 0.6) is 11.5 Å². The number of H-pyrrole nitrogens is 1. The number of nitrogens with two attached hydrogens (primary N) is 1. The first kappa shape index (κ1) is 36.4. The van der Waals surface area contributed by atoms with E-state index in [1.807, 2.05) is 0 Å². The predicted molar refractivity (Wildman–Crippen MR) is 181 cm³/mol. The first-order chi connectivity index (χ1) is 24.7. The third kappa shape index (κ3) is 7.18. The van der Waals surface area contributed by atoms with Crippen molar-refractivity contribution >= 4 is 63.5 Å². The van der Waals surface area contributed by atoms with Crippen molar-refractivity contribution < 1.29 is 48.2 Å². The number of nitrogens with zero attached hydrogens (tertiary/aromatic N) is 8. The van der Waals surface area contributed by atoms with Crippen LogP contribution in [-0.4, -0.2) is 140 Å². The van der Waals surface area contributed by atoms with Crippen molar-refractivity contribution in [3.8, 4) is 11.5 Å². The van der Waals surface area contributed by atoms with Gasteiger partial charge in [0.2, 0.25) is 17.1 Å². The van der Waals surface area contributed by atoms with Gasteiger partial charge in [0.25, 0.3) is 17.7 Å². The number of benzene rings is 1. The fraction of sp³-hybridized carbons (Fsp3) is 0.448. The number of oxime groups is 1. The first-order valence-electron chi connectivity index (χ1n) is 15.9. The summed E-state index contributed by atoms with van der Waals surface area (Å²) in [6, 6.07) is 0.808. The van der Waals surface area contributed by atoms with E-state index in [2.05, 4.69) is 45.8 Å². The van der Waals surface area contributed by atoms with Crippen LogP contribution in [0, 0.1) is 5.82 Å². The number of quaternary nitrogens is 1. The van der Waals surface area contributed by atoms with Crippen molar-refractivity contribution in [2.45, 2.75) is 43.7 Å². The summed E-state index contributed by atoms with van der Waals surface area (Å²) in [6.45, 7) is 5.27. The quantitative estimate of drug-likeness (QED) is 0.0384. The Hall–Kier alpha value is -5.42. The Kier molecular flexibility index (Phi) is 10.0. The van der Waals surface area contributed by atoms with E-state index in [-0.39, 0.29) is 28.9 Å². The van der Waals surface area contributed by atoms with Gasteiger partial charge >= 0.3 is 5.97 Å². The topological polar surface area (TPSA) is 284 Å². The summed E-state index contributed by atoms with van der Waals surface area (Å²) in [5, 5.41) is 51.5. The number of anilines is 1. The molecule has 0 unspecified atom stereocenters. The number of carboxylic acid groups (broad SMARTS) is 1. The van der Waals surface area contributed by atoms with Crippen molar-refractivity contribution in [3.63, 3.8) is 0 Å². The predicted octanol–water partition coefficient (Wildman–Crippen LogP) is -0.381. The molecule has 5 heterocycles. The minimum Gasteiger partial charge on any atom is -0.504 e. The number of β-lactam (4-membered cyclic amide) rings is 1. The number of phenolic OH excluding ortho intramolecular Hbond substituents is 2. The lowest BCUT2D eigenvalue weighted by Crippen LogP contribution is -2.70. The Morgan fingerprint density at radius 1 is 1.25 bits per heavy atom. The molecule has 1 aromatic carbocycles. The van der Waals surface area contributed by atoms with Gasteiger partial charge in [-0.15, -0.1) is 16.9 Å². The molecule has 20 nitrogen and oxygen atoms in total. The molecule has 23 heteroatoms. The zero-order valence-electron chi connectivity index (χ0n) is 27.7. The van der Waals surface area contributed by atoms with Crippen LogP contribution in [0.3, 0.4) is 0 Å². The van der Waals surface area contributed by atoms with Crippen molar-refractivity contribution in [1.82, 2.24) is 45.5 Å². The lowest BCUT2D eigenvalue weighted by atomic mass is 10.0. The van der Waals surface area contributed by atoms with Crippen LogP contribution in [0.4, 0.5) is 9.52 Å². The zero-order valence-corrected chi connectivity index (χ0v) is 29.3. The Morgan fingerprint density at radius 3 is 2.63 bits per heavy atom. The maximum atomic E-state index is 13.9. The van der Waals surface area contributed by atoms with Crippen molar-refractivity contribution in [3.05, 3.63) is 40.7 Å². The number of rotatable bonds is 13. The number of amides is 3. The van der Waals surface area contributed by atoms with Gasteiger partial charge in [-0.1, -0.05) is 5.16 Å². The second-order valence-electron chi connectivity index (χ2n) is 12.8. The summed E-state index contributed by atoms with van der Waals surface area (Å²) in [7, 11) is 0. The Balaban J connectivity index is 1.19. The van der Waals surface area contributed by atoms with E-state index in [0.717, 1.165) is 55.2 Å². The van der Waals surface area contributed by atoms with E-state index in [0.29, 0.717) is 29.0 Å². The van der Waals surface area contributed by atoms with Gasteiger partial charge in [-0.2, -0.15) is 9.36 Å². The highest BCUT2D eigenvalue weighted by Gasteiger charge is 2.55. The smallest absolute Gasteiger partial charge is 0.350 e.